The second kappa shape index (κ2) is 5.49. The van der Waals surface area contributed by atoms with E-state index in [1.165, 1.54) is 0 Å². The fourth-order valence-corrected chi connectivity index (χ4v) is 1.35. The van der Waals surface area contributed by atoms with Gasteiger partial charge < -0.3 is 4.74 Å². The molecule has 1 aromatic rings. The lowest BCUT2D eigenvalue weighted by Gasteiger charge is -2.04. The van der Waals surface area contributed by atoms with E-state index in [1.54, 1.807) is 6.92 Å². The van der Waals surface area contributed by atoms with Crippen molar-refractivity contribution in [2.24, 2.45) is 0 Å². The van der Waals surface area contributed by atoms with Crippen molar-refractivity contribution in [3.05, 3.63) is 21.7 Å². The fraction of sp³-hybridized carbons (Fsp3) is 0.556. The van der Waals surface area contributed by atoms with E-state index < -0.39 is 0 Å². The van der Waals surface area contributed by atoms with Crippen LogP contribution in [0.15, 0.2) is 0 Å². The Morgan fingerprint density at radius 3 is 2.29 bits per heavy atom. The van der Waals surface area contributed by atoms with Crippen LogP contribution in [0.2, 0.25) is 10.3 Å². The number of nitrogens with zero attached hydrogens (tertiary/aromatic N) is 2. The molecule has 0 amide bonds. The van der Waals surface area contributed by atoms with Crippen LogP contribution in [0.3, 0.4) is 0 Å². The van der Waals surface area contributed by atoms with E-state index in [0.29, 0.717) is 41.3 Å². The number of aromatic nitrogens is 2. The zero-order valence-corrected chi connectivity index (χ0v) is 9.69. The monoisotopic (exact) mass is 234 g/mol. The molecule has 1 aromatic heterocycles. The number of hydrogen-bond acceptors (Lipinski definition) is 3. The summed E-state index contributed by atoms with van der Waals surface area (Å²) in [6.07, 6.45) is 0.633. The zero-order chi connectivity index (χ0) is 10.6. The smallest absolute Gasteiger partial charge is 0.137 e. The molecule has 0 N–H and O–H groups in total. The Balaban J connectivity index is 2.69. The molecular formula is C9H12Cl2N2O. The molecule has 3 nitrogen and oxygen atoms in total. The lowest BCUT2D eigenvalue weighted by Crippen LogP contribution is -2.04. The maximum atomic E-state index is 5.86. The highest BCUT2D eigenvalue weighted by Crippen LogP contribution is 2.19. The fourth-order valence-electron chi connectivity index (χ4n) is 0.924. The second-order valence-corrected chi connectivity index (χ2v) is 3.51. The van der Waals surface area contributed by atoms with E-state index in [1.807, 2.05) is 6.92 Å². The van der Waals surface area contributed by atoms with Crippen molar-refractivity contribution in [2.45, 2.75) is 20.3 Å². The van der Waals surface area contributed by atoms with Crippen LogP contribution in [0.4, 0.5) is 0 Å². The molecular weight excluding hydrogens is 223 g/mol. The summed E-state index contributed by atoms with van der Waals surface area (Å²) in [5.74, 6) is 0.624. The Morgan fingerprint density at radius 2 is 1.79 bits per heavy atom. The molecule has 1 heterocycles. The summed E-state index contributed by atoms with van der Waals surface area (Å²) in [6, 6.07) is 0. The van der Waals surface area contributed by atoms with Crippen LogP contribution in [0, 0.1) is 6.92 Å². The second-order valence-electron chi connectivity index (χ2n) is 2.79. The van der Waals surface area contributed by atoms with E-state index in [2.05, 4.69) is 9.97 Å². The van der Waals surface area contributed by atoms with Crippen LogP contribution < -0.4 is 0 Å². The summed E-state index contributed by atoms with van der Waals surface area (Å²) in [5, 5.41) is 0.827. The Bertz CT molecular complexity index is 295. The van der Waals surface area contributed by atoms with Crippen LogP contribution in [0.25, 0.3) is 0 Å². The Kier molecular flexibility index (Phi) is 4.58. The molecule has 0 spiro atoms. The Morgan fingerprint density at radius 1 is 1.21 bits per heavy atom. The normalized spacial score (nSPS) is 10.6. The predicted molar refractivity (Wildman–Crippen MR) is 57.0 cm³/mol. The lowest BCUT2D eigenvalue weighted by atomic mass is 10.3. The van der Waals surface area contributed by atoms with Gasteiger partial charge in [0.05, 0.1) is 6.61 Å². The van der Waals surface area contributed by atoms with Crippen LogP contribution in [-0.4, -0.2) is 23.2 Å². The molecule has 5 heteroatoms. The first-order chi connectivity index (χ1) is 6.65. The largest absolute Gasteiger partial charge is 0.381 e. The molecule has 0 unspecified atom stereocenters. The predicted octanol–water partition coefficient (Wildman–Crippen LogP) is 2.67. The minimum absolute atomic E-state index is 0.413. The summed E-state index contributed by atoms with van der Waals surface area (Å²) in [6.45, 7) is 5.01. The Hall–Kier alpha value is -0.380. The van der Waals surface area contributed by atoms with Crippen molar-refractivity contribution < 1.29 is 4.74 Å². The number of halogens is 2. The van der Waals surface area contributed by atoms with Crippen LogP contribution in [0.1, 0.15) is 18.3 Å². The van der Waals surface area contributed by atoms with E-state index in [4.69, 9.17) is 27.9 Å². The van der Waals surface area contributed by atoms with Gasteiger partial charge in [0.25, 0.3) is 0 Å². The van der Waals surface area contributed by atoms with Crippen molar-refractivity contribution in [2.75, 3.05) is 13.2 Å². The van der Waals surface area contributed by atoms with Gasteiger partial charge in [-0.3, -0.25) is 0 Å². The van der Waals surface area contributed by atoms with Crippen molar-refractivity contribution in [3.8, 4) is 0 Å². The number of ether oxygens (including phenoxy) is 1. The highest BCUT2D eigenvalue weighted by molar-refractivity contribution is 6.34. The molecule has 0 saturated carbocycles. The molecule has 0 atom stereocenters. The molecule has 0 aliphatic heterocycles. The SMILES string of the molecule is CCOCCc1nc(Cl)c(C)c(Cl)n1. The van der Waals surface area contributed by atoms with E-state index in [-0.39, 0.29) is 0 Å². The summed E-state index contributed by atoms with van der Waals surface area (Å²) < 4.78 is 5.18. The third-order valence-corrected chi connectivity index (χ3v) is 2.48. The van der Waals surface area contributed by atoms with E-state index in [9.17, 15) is 0 Å². The van der Waals surface area contributed by atoms with Gasteiger partial charge in [0.1, 0.15) is 16.1 Å². The van der Waals surface area contributed by atoms with Gasteiger partial charge in [0.15, 0.2) is 0 Å². The highest BCUT2D eigenvalue weighted by Gasteiger charge is 2.06. The molecule has 14 heavy (non-hydrogen) atoms. The minimum Gasteiger partial charge on any atom is -0.381 e. The van der Waals surface area contributed by atoms with Gasteiger partial charge in [-0.05, 0) is 13.8 Å². The third-order valence-electron chi connectivity index (χ3n) is 1.75. The standard InChI is InChI=1S/C9H12Cl2N2O/c1-3-14-5-4-7-12-8(10)6(2)9(11)13-7/h3-5H2,1-2H3. The molecule has 78 valence electrons. The lowest BCUT2D eigenvalue weighted by molar-refractivity contribution is 0.149. The maximum absolute atomic E-state index is 5.86. The van der Waals surface area contributed by atoms with Gasteiger partial charge in [0, 0.05) is 18.6 Å². The zero-order valence-electron chi connectivity index (χ0n) is 8.18. The van der Waals surface area contributed by atoms with Gasteiger partial charge in [-0.2, -0.15) is 0 Å². The molecule has 0 bridgehead atoms. The van der Waals surface area contributed by atoms with Gasteiger partial charge >= 0.3 is 0 Å². The molecule has 0 aliphatic rings. The molecule has 0 radical (unpaired) electrons. The average molecular weight is 235 g/mol. The van der Waals surface area contributed by atoms with Crippen LogP contribution in [-0.2, 0) is 11.2 Å². The van der Waals surface area contributed by atoms with Crippen LogP contribution in [0.5, 0.6) is 0 Å². The van der Waals surface area contributed by atoms with Crippen LogP contribution >= 0.6 is 23.2 Å². The maximum Gasteiger partial charge on any atom is 0.137 e. The summed E-state index contributed by atoms with van der Waals surface area (Å²) in [4.78, 5) is 8.19. The topological polar surface area (TPSA) is 35.0 Å². The number of rotatable bonds is 4. The van der Waals surface area contributed by atoms with E-state index >= 15 is 0 Å². The quantitative estimate of drug-likeness (QED) is 0.594. The van der Waals surface area contributed by atoms with E-state index in [0.717, 1.165) is 0 Å². The van der Waals surface area contributed by atoms with Gasteiger partial charge in [-0.1, -0.05) is 23.2 Å². The van der Waals surface area contributed by atoms with Crippen molar-refractivity contribution in [1.29, 1.82) is 0 Å². The Labute approximate surface area is 93.4 Å². The first-order valence-electron chi connectivity index (χ1n) is 4.41. The molecule has 1 rings (SSSR count). The van der Waals surface area contributed by atoms with Crippen molar-refractivity contribution in [3.63, 3.8) is 0 Å². The molecule has 0 aromatic carbocycles. The van der Waals surface area contributed by atoms with Crippen molar-refractivity contribution >= 4 is 23.2 Å². The summed E-state index contributed by atoms with van der Waals surface area (Å²) in [7, 11) is 0. The van der Waals surface area contributed by atoms with Gasteiger partial charge in [-0.15, -0.1) is 0 Å². The first-order valence-corrected chi connectivity index (χ1v) is 5.17. The third kappa shape index (κ3) is 3.08. The first kappa shape index (κ1) is 11.7. The molecule has 0 fully saturated rings. The summed E-state index contributed by atoms with van der Waals surface area (Å²) >= 11 is 11.7. The molecule has 0 aliphatic carbocycles. The van der Waals surface area contributed by atoms with Gasteiger partial charge in [0.2, 0.25) is 0 Å². The number of hydrogen-bond donors (Lipinski definition) is 0. The molecule has 0 saturated heterocycles. The average Bonchev–Trinajstić information content (AvgIpc) is 2.14. The van der Waals surface area contributed by atoms with Crippen molar-refractivity contribution in [1.82, 2.24) is 9.97 Å². The van der Waals surface area contributed by atoms with Gasteiger partial charge in [-0.25, -0.2) is 9.97 Å². The summed E-state index contributed by atoms with van der Waals surface area (Å²) in [5.41, 5.74) is 0.716. The minimum atomic E-state index is 0.413. The highest BCUT2D eigenvalue weighted by atomic mass is 35.5.